The highest BCUT2D eigenvalue weighted by Crippen LogP contribution is 2.62. The number of imide groups is 1. The number of carbonyl (C=O) groups is 2. The lowest BCUT2D eigenvalue weighted by atomic mass is 9.47. The topological polar surface area (TPSA) is 74.8 Å². The van der Waals surface area contributed by atoms with E-state index in [1.165, 1.54) is 24.2 Å². The van der Waals surface area contributed by atoms with Gasteiger partial charge >= 0.3 is 6.03 Å². The summed E-state index contributed by atoms with van der Waals surface area (Å²) in [6.07, 6.45) is 7.43. The molecule has 3 amide bonds. The Kier molecular flexibility index (Phi) is 5.19. The van der Waals surface area contributed by atoms with Crippen LogP contribution >= 0.6 is 0 Å². The van der Waals surface area contributed by atoms with Crippen LogP contribution in [-0.4, -0.2) is 42.1 Å². The summed E-state index contributed by atoms with van der Waals surface area (Å²) < 4.78 is 28.0. The number of nitrogens with zero attached hydrogens (tertiary/aromatic N) is 2. The first-order chi connectivity index (χ1) is 15.1. The van der Waals surface area contributed by atoms with E-state index in [9.17, 15) is 18.0 Å². The summed E-state index contributed by atoms with van der Waals surface area (Å²) in [7, 11) is -4.02. The molecule has 5 fully saturated rings. The molecule has 0 spiro atoms. The Hall–Kier alpha value is -1.89. The van der Waals surface area contributed by atoms with Gasteiger partial charge in [-0.3, -0.25) is 9.69 Å². The van der Waals surface area contributed by atoms with Crippen LogP contribution in [0, 0.1) is 36.0 Å². The van der Waals surface area contributed by atoms with Crippen LogP contribution in [0.25, 0.3) is 0 Å². The zero-order chi connectivity index (χ0) is 22.8. The first-order valence-corrected chi connectivity index (χ1v) is 13.5. The molecule has 0 aromatic heterocycles. The largest absolute Gasteiger partial charge is 0.341 e. The minimum Gasteiger partial charge on any atom is -0.274 e. The van der Waals surface area contributed by atoms with Crippen molar-refractivity contribution in [2.75, 3.05) is 6.54 Å². The van der Waals surface area contributed by atoms with Crippen LogP contribution in [0.4, 0.5) is 4.79 Å². The van der Waals surface area contributed by atoms with Crippen molar-refractivity contribution >= 4 is 22.0 Å². The van der Waals surface area contributed by atoms with Crippen molar-refractivity contribution in [3.8, 4) is 0 Å². The van der Waals surface area contributed by atoms with Crippen LogP contribution in [0.2, 0.25) is 0 Å². The van der Waals surface area contributed by atoms with Crippen molar-refractivity contribution in [3.05, 3.63) is 29.8 Å². The van der Waals surface area contributed by atoms with Crippen LogP contribution in [0.15, 0.2) is 29.2 Å². The lowest BCUT2D eigenvalue weighted by molar-refractivity contribution is -0.141. The molecule has 32 heavy (non-hydrogen) atoms. The van der Waals surface area contributed by atoms with E-state index in [1.807, 2.05) is 20.8 Å². The van der Waals surface area contributed by atoms with Crippen LogP contribution in [0.5, 0.6) is 0 Å². The number of rotatable bonds is 5. The fraction of sp³-hybridized carbons (Fsp3) is 0.680. The Balaban J connectivity index is 1.54. The summed E-state index contributed by atoms with van der Waals surface area (Å²) in [6.45, 7) is 5.75. The Morgan fingerprint density at radius 1 is 1.06 bits per heavy atom. The van der Waals surface area contributed by atoms with Gasteiger partial charge < -0.3 is 0 Å². The first-order valence-electron chi connectivity index (χ1n) is 12.1. The SMILES string of the molecule is CC[C@H](C)C(=O)N1C(=O)N(S(=O)(=O)c2ccc(C)cc2)C[C@H]1C12CC3CC(CC(C3)C1)C2. The minimum absolute atomic E-state index is 0.0867. The number of carbonyl (C=O) groups excluding carboxylic acids is 2. The van der Waals surface area contributed by atoms with Crippen molar-refractivity contribution in [2.24, 2.45) is 29.1 Å². The van der Waals surface area contributed by atoms with Gasteiger partial charge in [0.25, 0.3) is 10.0 Å². The normalized spacial score (nSPS) is 34.9. The van der Waals surface area contributed by atoms with E-state index in [4.69, 9.17) is 0 Å². The summed E-state index contributed by atoms with van der Waals surface area (Å²) in [6, 6.07) is 5.58. The molecule has 0 radical (unpaired) electrons. The van der Waals surface area contributed by atoms with E-state index < -0.39 is 16.1 Å². The highest BCUT2D eigenvalue weighted by atomic mass is 32.2. The average Bonchev–Trinajstić information content (AvgIpc) is 3.10. The number of urea groups is 1. The van der Waals surface area contributed by atoms with Crippen molar-refractivity contribution in [3.63, 3.8) is 0 Å². The molecule has 7 heteroatoms. The molecule has 174 valence electrons. The van der Waals surface area contributed by atoms with Crippen LogP contribution in [-0.2, 0) is 14.8 Å². The van der Waals surface area contributed by atoms with Crippen molar-refractivity contribution in [2.45, 2.75) is 76.7 Å². The highest BCUT2D eigenvalue weighted by Gasteiger charge is 2.61. The molecule has 1 aliphatic heterocycles. The van der Waals surface area contributed by atoms with Crippen LogP contribution in [0.3, 0.4) is 0 Å². The number of amides is 3. The summed E-state index contributed by atoms with van der Waals surface area (Å²) >= 11 is 0. The number of benzene rings is 1. The second kappa shape index (κ2) is 7.57. The third-order valence-corrected chi connectivity index (χ3v) is 10.5. The van der Waals surface area contributed by atoms with Crippen molar-refractivity contribution in [1.82, 2.24) is 9.21 Å². The Bertz CT molecular complexity index is 997. The molecule has 4 saturated carbocycles. The smallest absolute Gasteiger partial charge is 0.274 e. The van der Waals surface area contributed by atoms with E-state index in [0.29, 0.717) is 24.2 Å². The van der Waals surface area contributed by atoms with Gasteiger partial charge in [-0.1, -0.05) is 31.5 Å². The van der Waals surface area contributed by atoms with E-state index in [-0.39, 0.29) is 34.7 Å². The standard InChI is InChI=1S/C25H34N2O4S/c1-4-17(3)23(28)27-22(25-12-18-9-19(13-25)11-20(10-18)14-25)15-26(24(27)29)32(30,31)21-7-5-16(2)6-8-21/h5-8,17-20,22H,4,9-15H2,1-3H3/t17-,18?,19?,20?,22-,25?/m0/s1. The van der Waals surface area contributed by atoms with Gasteiger partial charge in [0.2, 0.25) is 5.91 Å². The molecule has 1 aromatic carbocycles. The minimum atomic E-state index is -4.02. The average molecular weight is 459 g/mol. The zero-order valence-corrected chi connectivity index (χ0v) is 20.1. The molecule has 1 saturated heterocycles. The molecular weight excluding hydrogens is 424 g/mol. The Morgan fingerprint density at radius 2 is 1.59 bits per heavy atom. The number of sulfonamides is 1. The van der Waals surface area contributed by atoms with Crippen molar-refractivity contribution < 1.29 is 18.0 Å². The molecule has 4 bridgehead atoms. The van der Waals surface area contributed by atoms with Gasteiger partial charge in [0, 0.05) is 5.92 Å². The lowest BCUT2D eigenvalue weighted by Crippen LogP contribution is -2.58. The third-order valence-electron chi connectivity index (χ3n) is 8.74. The second-order valence-corrected chi connectivity index (χ2v) is 12.8. The molecule has 2 atom stereocenters. The van der Waals surface area contributed by atoms with Crippen LogP contribution < -0.4 is 0 Å². The molecule has 6 rings (SSSR count). The van der Waals surface area contributed by atoms with E-state index >= 15 is 0 Å². The summed E-state index contributed by atoms with van der Waals surface area (Å²) in [5.41, 5.74) is 0.821. The van der Waals surface area contributed by atoms with Gasteiger partial charge in [-0.05, 0) is 87.2 Å². The molecule has 0 N–H and O–H groups in total. The summed E-state index contributed by atoms with van der Waals surface area (Å²) in [5, 5.41) is 0. The highest BCUT2D eigenvalue weighted by molar-refractivity contribution is 7.89. The first kappa shape index (κ1) is 21.9. The monoisotopic (exact) mass is 458 g/mol. The predicted molar refractivity (Wildman–Crippen MR) is 121 cm³/mol. The molecular formula is C25H34N2O4S. The number of aryl methyl sites for hydroxylation is 1. The number of hydrogen-bond donors (Lipinski definition) is 0. The van der Waals surface area contributed by atoms with E-state index in [0.717, 1.165) is 29.1 Å². The number of hydrogen-bond acceptors (Lipinski definition) is 4. The van der Waals surface area contributed by atoms with Gasteiger partial charge in [0.15, 0.2) is 0 Å². The fourth-order valence-corrected chi connectivity index (χ4v) is 8.69. The Morgan fingerprint density at radius 3 is 2.09 bits per heavy atom. The summed E-state index contributed by atoms with van der Waals surface area (Å²) in [4.78, 5) is 28.5. The van der Waals surface area contributed by atoms with Crippen LogP contribution in [0.1, 0.15) is 64.4 Å². The zero-order valence-electron chi connectivity index (χ0n) is 19.3. The third kappa shape index (κ3) is 3.30. The van der Waals surface area contributed by atoms with Crippen molar-refractivity contribution in [1.29, 1.82) is 0 Å². The maximum absolute atomic E-state index is 13.6. The maximum atomic E-state index is 13.6. The van der Waals surface area contributed by atoms with Gasteiger partial charge in [-0.25, -0.2) is 17.5 Å². The maximum Gasteiger partial charge on any atom is 0.341 e. The van der Waals surface area contributed by atoms with Gasteiger partial charge in [0.1, 0.15) is 0 Å². The van der Waals surface area contributed by atoms with Gasteiger partial charge in [-0.2, -0.15) is 0 Å². The predicted octanol–water partition coefficient (Wildman–Crippen LogP) is 4.58. The molecule has 4 aliphatic carbocycles. The summed E-state index contributed by atoms with van der Waals surface area (Å²) in [5.74, 6) is 1.43. The quantitative estimate of drug-likeness (QED) is 0.647. The molecule has 1 aromatic rings. The van der Waals surface area contributed by atoms with Gasteiger partial charge in [0.05, 0.1) is 17.5 Å². The van der Waals surface area contributed by atoms with Gasteiger partial charge in [-0.15, -0.1) is 0 Å². The molecule has 0 unspecified atom stereocenters. The lowest BCUT2D eigenvalue weighted by Gasteiger charge is -2.59. The molecule has 5 aliphatic rings. The van der Waals surface area contributed by atoms with E-state index in [1.54, 1.807) is 24.3 Å². The second-order valence-electron chi connectivity index (χ2n) is 10.9. The van der Waals surface area contributed by atoms with E-state index in [2.05, 4.69) is 0 Å². The molecule has 6 nitrogen and oxygen atoms in total. The fourth-order valence-electron chi connectivity index (χ4n) is 7.32. The Labute approximate surface area is 191 Å². The molecule has 1 heterocycles.